The Kier molecular flexibility index (Phi) is 5.86. The van der Waals surface area contributed by atoms with Crippen molar-refractivity contribution >= 4 is 21.6 Å². The largest absolute Gasteiger partial charge is 0.319 e. The lowest BCUT2D eigenvalue weighted by atomic mass is 10.2. The number of nitrogens with one attached hydrogen (secondary N) is 2. The average molecular weight is 368 g/mol. The molecule has 0 heterocycles. The van der Waals surface area contributed by atoms with Crippen molar-refractivity contribution in [1.29, 1.82) is 0 Å². The minimum atomic E-state index is -3.86. The zero-order valence-corrected chi connectivity index (χ0v) is 14.5. The third kappa shape index (κ3) is 4.61. The fraction of sp³-hybridized carbons (Fsp3) is 0.235. The Hall–Kier alpha value is -2.32. The third-order valence-electron chi connectivity index (χ3n) is 3.59. The lowest BCUT2D eigenvalue weighted by molar-refractivity contribution is 0.102. The fourth-order valence-electron chi connectivity index (χ4n) is 2.02. The molecule has 0 radical (unpaired) electrons. The summed E-state index contributed by atoms with van der Waals surface area (Å²) in [6.45, 7) is 3.51. The lowest BCUT2D eigenvalue weighted by Gasteiger charge is -2.13. The number of amides is 1. The first-order valence-corrected chi connectivity index (χ1v) is 9.10. The molecule has 0 saturated heterocycles. The molecule has 1 atom stereocenters. The first-order chi connectivity index (χ1) is 11.7. The van der Waals surface area contributed by atoms with Gasteiger partial charge in [-0.1, -0.05) is 19.1 Å². The lowest BCUT2D eigenvalue weighted by Crippen LogP contribution is -2.32. The van der Waals surface area contributed by atoms with Gasteiger partial charge in [0.25, 0.3) is 5.91 Å². The zero-order chi connectivity index (χ0) is 18.6. The Morgan fingerprint density at radius 3 is 2.40 bits per heavy atom. The van der Waals surface area contributed by atoms with E-state index in [1.54, 1.807) is 6.92 Å². The van der Waals surface area contributed by atoms with Crippen molar-refractivity contribution in [2.24, 2.45) is 0 Å². The van der Waals surface area contributed by atoms with Gasteiger partial charge >= 0.3 is 0 Å². The molecular weight excluding hydrogens is 350 g/mol. The van der Waals surface area contributed by atoms with Crippen LogP contribution in [0.1, 0.15) is 30.6 Å². The minimum absolute atomic E-state index is 0.239. The number of hydrogen-bond acceptors (Lipinski definition) is 3. The van der Waals surface area contributed by atoms with E-state index in [2.05, 4.69) is 10.0 Å². The van der Waals surface area contributed by atoms with Gasteiger partial charge in [-0.25, -0.2) is 21.9 Å². The Labute approximate surface area is 145 Å². The summed E-state index contributed by atoms with van der Waals surface area (Å²) >= 11 is 0. The van der Waals surface area contributed by atoms with E-state index in [9.17, 15) is 22.0 Å². The van der Waals surface area contributed by atoms with Gasteiger partial charge in [-0.05, 0) is 43.7 Å². The van der Waals surface area contributed by atoms with Crippen molar-refractivity contribution in [3.8, 4) is 0 Å². The second-order valence-electron chi connectivity index (χ2n) is 5.51. The number of carbonyl (C=O) groups excluding carboxylic acids is 1. The van der Waals surface area contributed by atoms with E-state index in [1.165, 1.54) is 24.3 Å². The summed E-state index contributed by atoms with van der Waals surface area (Å²) in [4.78, 5) is 11.7. The number of benzene rings is 2. The Balaban J connectivity index is 2.23. The van der Waals surface area contributed by atoms with Gasteiger partial charge in [0, 0.05) is 6.04 Å². The Morgan fingerprint density at radius 2 is 1.80 bits per heavy atom. The number of halogens is 2. The molecule has 0 aliphatic heterocycles. The summed E-state index contributed by atoms with van der Waals surface area (Å²) in [5.74, 6) is -2.50. The quantitative estimate of drug-likeness (QED) is 0.822. The molecule has 0 saturated carbocycles. The summed E-state index contributed by atoms with van der Waals surface area (Å²) < 4.78 is 54.4. The summed E-state index contributed by atoms with van der Waals surface area (Å²) in [7, 11) is -3.86. The van der Waals surface area contributed by atoms with Crippen molar-refractivity contribution in [2.45, 2.75) is 31.2 Å². The van der Waals surface area contributed by atoms with Gasteiger partial charge in [0.15, 0.2) is 0 Å². The second-order valence-corrected chi connectivity index (χ2v) is 7.22. The zero-order valence-electron chi connectivity index (χ0n) is 13.7. The Bertz CT molecular complexity index is 885. The van der Waals surface area contributed by atoms with E-state index in [-0.39, 0.29) is 22.2 Å². The number of rotatable bonds is 6. The van der Waals surface area contributed by atoms with E-state index >= 15 is 0 Å². The molecule has 1 unspecified atom stereocenters. The molecule has 0 bridgehead atoms. The van der Waals surface area contributed by atoms with Crippen molar-refractivity contribution in [1.82, 2.24) is 4.72 Å². The van der Waals surface area contributed by atoms with Crippen molar-refractivity contribution in [3.63, 3.8) is 0 Å². The fourth-order valence-corrected chi connectivity index (χ4v) is 3.35. The van der Waals surface area contributed by atoms with Gasteiger partial charge in [-0.2, -0.15) is 0 Å². The Morgan fingerprint density at radius 1 is 1.12 bits per heavy atom. The van der Waals surface area contributed by atoms with Crippen LogP contribution in [0.4, 0.5) is 14.5 Å². The van der Waals surface area contributed by atoms with Crippen LogP contribution in [-0.4, -0.2) is 20.4 Å². The van der Waals surface area contributed by atoms with Crippen LogP contribution in [0, 0.1) is 11.6 Å². The molecule has 2 rings (SSSR count). The van der Waals surface area contributed by atoms with Crippen LogP contribution >= 0.6 is 0 Å². The number of hydrogen-bond donors (Lipinski definition) is 2. The van der Waals surface area contributed by atoms with E-state index in [1.807, 2.05) is 6.92 Å². The maximum absolute atomic E-state index is 14.2. The maximum Gasteiger partial charge on any atom is 0.258 e. The van der Waals surface area contributed by atoms with E-state index in [0.717, 1.165) is 18.2 Å². The van der Waals surface area contributed by atoms with Crippen LogP contribution in [0.5, 0.6) is 0 Å². The van der Waals surface area contributed by atoms with Crippen LogP contribution in [0.3, 0.4) is 0 Å². The van der Waals surface area contributed by atoms with Crippen molar-refractivity contribution in [2.75, 3.05) is 5.32 Å². The molecule has 2 aromatic rings. The highest BCUT2D eigenvalue weighted by molar-refractivity contribution is 7.89. The smallest absolute Gasteiger partial charge is 0.258 e. The van der Waals surface area contributed by atoms with Gasteiger partial charge in [0.1, 0.15) is 11.6 Å². The highest BCUT2D eigenvalue weighted by Crippen LogP contribution is 2.20. The van der Waals surface area contributed by atoms with Crippen LogP contribution in [-0.2, 0) is 10.0 Å². The SMILES string of the molecule is CCC(C)NS(=O)(=O)c1ccc(NC(=O)c2ccccc2F)c(F)c1. The molecule has 8 heteroatoms. The molecule has 2 aromatic carbocycles. The molecule has 1 amide bonds. The van der Waals surface area contributed by atoms with Gasteiger partial charge in [0.2, 0.25) is 10.0 Å². The molecule has 25 heavy (non-hydrogen) atoms. The molecule has 0 fully saturated rings. The molecule has 0 spiro atoms. The van der Waals surface area contributed by atoms with Gasteiger partial charge in [-0.15, -0.1) is 0 Å². The number of carbonyl (C=O) groups is 1. The molecular formula is C17H18F2N2O3S. The standard InChI is InChI=1S/C17H18F2N2O3S/c1-3-11(2)21-25(23,24)12-8-9-16(15(19)10-12)20-17(22)13-6-4-5-7-14(13)18/h4-11,21H,3H2,1-2H3,(H,20,22). The molecule has 0 aliphatic carbocycles. The van der Waals surface area contributed by atoms with Crippen LogP contribution in [0.25, 0.3) is 0 Å². The first-order valence-electron chi connectivity index (χ1n) is 7.62. The summed E-state index contributed by atoms with van der Waals surface area (Å²) in [6.07, 6.45) is 0.582. The molecule has 2 N–H and O–H groups in total. The van der Waals surface area contributed by atoms with Gasteiger partial charge in [-0.3, -0.25) is 4.79 Å². The molecule has 0 aliphatic rings. The first kappa shape index (κ1) is 19.0. The maximum atomic E-state index is 14.2. The summed E-state index contributed by atoms with van der Waals surface area (Å²) in [6, 6.07) is 8.08. The number of sulfonamides is 1. The van der Waals surface area contributed by atoms with E-state index in [0.29, 0.717) is 6.42 Å². The van der Waals surface area contributed by atoms with Crippen LogP contribution < -0.4 is 10.0 Å². The van der Waals surface area contributed by atoms with Crippen LogP contribution in [0.2, 0.25) is 0 Å². The predicted octanol–water partition coefficient (Wildman–Crippen LogP) is 3.29. The number of anilines is 1. The second kappa shape index (κ2) is 7.71. The summed E-state index contributed by atoms with van der Waals surface area (Å²) in [5.41, 5.74) is -0.479. The topological polar surface area (TPSA) is 75.3 Å². The summed E-state index contributed by atoms with van der Waals surface area (Å²) in [5, 5.41) is 2.23. The monoisotopic (exact) mass is 368 g/mol. The molecule has 0 aromatic heterocycles. The predicted molar refractivity (Wildman–Crippen MR) is 90.8 cm³/mol. The highest BCUT2D eigenvalue weighted by Gasteiger charge is 2.19. The molecule has 5 nitrogen and oxygen atoms in total. The van der Waals surface area contributed by atoms with E-state index < -0.39 is 27.6 Å². The van der Waals surface area contributed by atoms with E-state index in [4.69, 9.17) is 0 Å². The van der Waals surface area contributed by atoms with Crippen LogP contribution in [0.15, 0.2) is 47.4 Å². The minimum Gasteiger partial charge on any atom is -0.319 e. The third-order valence-corrected chi connectivity index (χ3v) is 5.17. The van der Waals surface area contributed by atoms with Gasteiger partial charge in [0.05, 0.1) is 16.1 Å². The molecule has 134 valence electrons. The van der Waals surface area contributed by atoms with Crippen molar-refractivity contribution in [3.05, 3.63) is 59.7 Å². The van der Waals surface area contributed by atoms with Gasteiger partial charge < -0.3 is 5.32 Å². The average Bonchev–Trinajstić information content (AvgIpc) is 2.56. The highest BCUT2D eigenvalue weighted by atomic mass is 32.2. The normalized spacial score (nSPS) is 12.6. The van der Waals surface area contributed by atoms with Crippen molar-refractivity contribution < 1.29 is 22.0 Å².